The zero-order valence-corrected chi connectivity index (χ0v) is 7.85. The molecule has 0 saturated carbocycles. The summed E-state index contributed by atoms with van der Waals surface area (Å²) in [5, 5.41) is 0. The highest BCUT2D eigenvalue weighted by molar-refractivity contribution is 5.79. The smallest absolute Gasteiger partial charge is 0.258 e. The highest BCUT2D eigenvalue weighted by Gasteiger charge is 2.15. The summed E-state index contributed by atoms with van der Waals surface area (Å²) in [5.74, 6) is 0.143. The Balaban J connectivity index is 2.60. The zero-order chi connectivity index (χ0) is 10.4. The maximum absolute atomic E-state index is 10.9. The average Bonchev–Trinajstić information content (AvgIpc) is 2.18. The summed E-state index contributed by atoms with van der Waals surface area (Å²) in [6, 6.07) is 9.07. The van der Waals surface area contributed by atoms with Crippen molar-refractivity contribution in [2.75, 3.05) is 6.54 Å². The molecule has 1 amide bonds. The third-order valence-electron chi connectivity index (χ3n) is 1.77. The molecule has 0 aromatic heterocycles. The molecule has 4 N–H and O–H groups in total. The number of rotatable bonds is 5. The number of para-hydroxylation sites is 1. The van der Waals surface area contributed by atoms with Gasteiger partial charge in [-0.2, -0.15) is 0 Å². The van der Waals surface area contributed by atoms with Gasteiger partial charge in [-0.3, -0.25) is 4.79 Å². The van der Waals surface area contributed by atoms with Crippen molar-refractivity contribution in [3.8, 4) is 5.75 Å². The van der Waals surface area contributed by atoms with E-state index >= 15 is 0 Å². The van der Waals surface area contributed by atoms with E-state index < -0.39 is 12.0 Å². The van der Waals surface area contributed by atoms with E-state index in [1.807, 2.05) is 18.2 Å². The van der Waals surface area contributed by atoms with Gasteiger partial charge in [-0.15, -0.1) is 0 Å². The van der Waals surface area contributed by atoms with Crippen LogP contribution in [-0.2, 0) is 4.79 Å². The molecule has 4 nitrogen and oxygen atoms in total. The van der Waals surface area contributed by atoms with Gasteiger partial charge in [-0.05, 0) is 18.7 Å². The Hall–Kier alpha value is -1.55. The molecule has 0 radical (unpaired) electrons. The van der Waals surface area contributed by atoms with Gasteiger partial charge >= 0.3 is 0 Å². The molecule has 0 bridgehead atoms. The third kappa shape index (κ3) is 3.06. The SMILES string of the molecule is NCCC(Oc1ccccc1)C(N)=O. The summed E-state index contributed by atoms with van der Waals surface area (Å²) in [5.41, 5.74) is 10.5. The Bertz CT molecular complexity index is 287. The first kappa shape index (κ1) is 10.5. The van der Waals surface area contributed by atoms with Crippen molar-refractivity contribution in [2.24, 2.45) is 11.5 Å². The average molecular weight is 194 g/mol. The largest absolute Gasteiger partial charge is 0.481 e. The fourth-order valence-electron chi connectivity index (χ4n) is 1.07. The van der Waals surface area contributed by atoms with E-state index in [2.05, 4.69) is 0 Å². The standard InChI is InChI=1S/C10H14N2O2/c11-7-6-9(10(12)13)14-8-4-2-1-3-5-8/h1-5,9H,6-7,11H2,(H2,12,13). The van der Waals surface area contributed by atoms with E-state index in [9.17, 15) is 4.79 Å². The van der Waals surface area contributed by atoms with Crippen molar-refractivity contribution in [2.45, 2.75) is 12.5 Å². The van der Waals surface area contributed by atoms with Gasteiger partial charge in [0.05, 0.1) is 0 Å². The molecule has 1 unspecified atom stereocenters. The Labute approximate surface area is 82.8 Å². The van der Waals surface area contributed by atoms with E-state index in [-0.39, 0.29) is 0 Å². The normalized spacial score (nSPS) is 12.1. The molecule has 0 aliphatic heterocycles. The van der Waals surface area contributed by atoms with Crippen molar-refractivity contribution in [1.29, 1.82) is 0 Å². The van der Waals surface area contributed by atoms with Crippen molar-refractivity contribution >= 4 is 5.91 Å². The summed E-state index contributed by atoms with van der Waals surface area (Å²) in [4.78, 5) is 10.9. The summed E-state index contributed by atoms with van der Waals surface area (Å²) in [6.07, 6.45) is -0.202. The number of carbonyl (C=O) groups excluding carboxylic acids is 1. The van der Waals surface area contributed by atoms with Gasteiger partial charge in [0.2, 0.25) is 0 Å². The molecular formula is C10H14N2O2. The van der Waals surface area contributed by atoms with Crippen LogP contribution in [0.25, 0.3) is 0 Å². The maximum atomic E-state index is 10.9. The molecule has 14 heavy (non-hydrogen) atoms. The highest BCUT2D eigenvalue weighted by Crippen LogP contribution is 2.11. The molecule has 0 fully saturated rings. The van der Waals surface area contributed by atoms with Crippen molar-refractivity contribution in [1.82, 2.24) is 0 Å². The van der Waals surface area contributed by atoms with E-state index in [0.717, 1.165) is 0 Å². The van der Waals surface area contributed by atoms with Gasteiger partial charge < -0.3 is 16.2 Å². The number of hydrogen-bond donors (Lipinski definition) is 2. The van der Waals surface area contributed by atoms with Gasteiger partial charge in [0.1, 0.15) is 5.75 Å². The van der Waals surface area contributed by atoms with Crippen LogP contribution < -0.4 is 16.2 Å². The molecular weight excluding hydrogens is 180 g/mol. The number of nitrogens with two attached hydrogens (primary N) is 2. The van der Waals surface area contributed by atoms with E-state index in [1.54, 1.807) is 12.1 Å². The molecule has 1 aromatic rings. The first-order valence-electron chi connectivity index (χ1n) is 4.45. The van der Waals surface area contributed by atoms with E-state index in [1.165, 1.54) is 0 Å². The second-order valence-electron chi connectivity index (χ2n) is 2.90. The fourth-order valence-corrected chi connectivity index (χ4v) is 1.07. The number of benzene rings is 1. The second kappa shape index (κ2) is 5.24. The zero-order valence-electron chi connectivity index (χ0n) is 7.85. The monoisotopic (exact) mass is 194 g/mol. The van der Waals surface area contributed by atoms with Crippen LogP contribution in [0.5, 0.6) is 5.75 Å². The quantitative estimate of drug-likeness (QED) is 0.706. The minimum atomic E-state index is -0.637. The lowest BCUT2D eigenvalue weighted by molar-refractivity contribution is -0.124. The van der Waals surface area contributed by atoms with Crippen LogP contribution in [0.3, 0.4) is 0 Å². The molecule has 0 heterocycles. The number of carbonyl (C=O) groups is 1. The van der Waals surface area contributed by atoms with Crippen LogP contribution in [-0.4, -0.2) is 18.6 Å². The summed E-state index contributed by atoms with van der Waals surface area (Å²) in [7, 11) is 0. The lowest BCUT2D eigenvalue weighted by Gasteiger charge is -2.14. The first-order valence-corrected chi connectivity index (χ1v) is 4.45. The summed E-state index contributed by atoms with van der Waals surface area (Å²) >= 11 is 0. The molecule has 1 rings (SSSR count). The van der Waals surface area contributed by atoms with Gasteiger partial charge in [-0.1, -0.05) is 18.2 Å². The van der Waals surface area contributed by atoms with Crippen LogP contribution in [0.15, 0.2) is 30.3 Å². The summed E-state index contributed by atoms with van der Waals surface area (Å²) in [6.45, 7) is 0.375. The Morgan fingerprint density at radius 3 is 2.50 bits per heavy atom. The highest BCUT2D eigenvalue weighted by atomic mass is 16.5. The van der Waals surface area contributed by atoms with Crippen molar-refractivity contribution in [3.05, 3.63) is 30.3 Å². The lowest BCUT2D eigenvalue weighted by Crippen LogP contribution is -2.35. The predicted molar refractivity (Wildman–Crippen MR) is 53.7 cm³/mol. The van der Waals surface area contributed by atoms with Crippen molar-refractivity contribution in [3.63, 3.8) is 0 Å². The minimum Gasteiger partial charge on any atom is -0.481 e. The Kier molecular flexibility index (Phi) is 3.94. The van der Waals surface area contributed by atoms with Crippen LogP contribution >= 0.6 is 0 Å². The number of ether oxygens (including phenoxy) is 1. The molecule has 0 aliphatic carbocycles. The van der Waals surface area contributed by atoms with Crippen LogP contribution in [0.2, 0.25) is 0 Å². The van der Waals surface area contributed by atoms with Crippen LogP contribution in [0.1, 0.15) is 6.42 Å². The topological polar surface area (TPSA) is 78.3 Å². The Morgan fingerprint density at radius 1 is 1.36 bits per heavy atom. The van der Waals surface area contributed by atoms with E-state index in [4.69, 9.17) is 16.2 Å². The molecule has 1 atom stereocenters. The Morgan fingerprint density at radius 2 is 2.00 bits per heavy atom. The lowest BCUT2D eigenvalue weighted by atomic mass is 10.2. The minimum absolute atomic E-state index is 0.375. The third-order valence-corrected chi connectivity index (χ3v) is 1.77. The maximum Gasteiger partial charge on any atom is 0.258 e. The molecule has 0 spiro atoms. The van der Waals surface area contributed by atoms with Gasteiger partial charge in [0.25, 0.3) is 5.91 Å². The fraction of sp³-hybridized carbons (Fsp3) is 0.300. The predicted octanol–water partition coefficient (Wildman–Crippen LogP) is 0.268. The van der Waals surface area contributed by atoms with E-state index in [0.29, 0.717) is 18.7 Å². The number of primary amides is 1. The molecule has 76 valence electrons. The van der Waals surface area contributed by atoms with Crippen LogP contribution in [0, 0.1) is 0 Å². The summed E-state index contributed by atoms with van der Waals surface area (Å²) < 4.78 is 5.36. The van der Waals surface area contributed by atoms with Crippen molar-refractivity contribution < 1.29 is 9.53 Å². The molecule has 1 aromatic carbocycles. The molecule has 4 heteroatoms. The molecule has 0 saturated heterocycles. The second-order valence-corrected chi connectivity index (χ2v) is 2.90. The van der Waals surface area contributed by atoms with Gasteiger partial charge in [0, 0.05) is 6.42 Å². The van der Waals surface area contributed by atoms with Gasteiger partial charge in [-0.25, -0.2) is 0 Å². The first-order chi connectivity index (χ1) is 6.74. The van der Waals surface area contributed by atoms with Crippen LogP contribution in [0.4, 0.5) is 0 Å². The van der Waals surface area contributed by atoms with Gasteiger partial charge in [0.15, 0.2) is 6.10 Å². The molecule has 0 aliphatic rings. The number of amides is 1. The number of hydrogen-bond acceptors (Lipinski definition) is 3.